The predicted octanol–water partition coefficient (Wildman–Crippen LogP) is 1.78. The van der Waals surface area contributed by atoms with Crippen LogP contribution in [0.15, 0.2) is 30.6 Å². The Balaban J connectivity index is 2.59. The van der Waals surface area contributed by atoms with Crippen LogP contribution >= 0.6 is 0 Å². The summed E-state index contributed by atoms with van der Waals surface area (Å²) < 4.78 is 1.57. The highest BCUT2D eigenvalue weighted by Crippen LogP contribution is 2.13. The third kappa shape index (κ3) is 1.66. The Hall–Kier alpha value is -1.97. The monoisotopic (exact) mass is 201 g/mol. The summed E-state index contributed by atoms with van der Waals surface area (Å²) in [5.41, 5.74) is 1.95. The minimum absolute atomic E-state index is 0.0873. The molecule has 0 aliphatic heterocycles. The molecule has 0 aliphatic carbocycles. The number of para-hydroxylation sites is 1. The van der Waals surface area contributed by atoms with Gasteiger partial charge in [0.05, 0.1) is 5.69 Å². The number of carbonyl (C=O) groups is 1. The average molecular weight is 201 g/mol. The number of benzene rings is 1. The lowest BCUT2D eigenvalue weighted by Gasteiger charge is -2.06. The molecule has 0 radical (unpaired) electrons. The van der Waals surface area contributed by atoms with Gasteiger partial charge in [-0.2, -0.15) is 5.10 Å². The number of Topliss-reactive ketones (excluding diaryl/α,β-unsaturated/α-hetero) is 1. The molecule has 0 unspecified atom stereocenters. The molecule has 0 amide bonds. The summed E-state index contributed by atoms with van der Waals surface area (Å²) in [4.78, 5) is 15.2. The van der Waals surface area contributed by atoms with E-state index >= 15 is 0 Å². The van der Waals surface area contributed by atoms with E-state index in [0.29, 0.717) is 5.82 Å². The number of ketones is 1. The van der Waals surface area contributed by atoms with Crippen LogP contribution in [0.3, 0.4) is 0 Å². The standard InChI is InChI=1S/C11H11N3O/c1-8-5-3-4-6-10(8)14-11(9(2)15)12-7-13-14/h3-7H,1-2H3. The van der Waals surface area contributed by atoms with Crippen LogP contribution in [0, 0.1) is 6.92 Å². The van der Waals surface area contributed by atoms with Gasteiger partial charge < -0.3 is 0 Å². The molecule has 4 nitrogen and oxygen atoms in total. The largest absolute Gasteiger partial charge is 0.291 e. The van der Waals surface area contributed by atoms with Crippen LogP contribution in [0.2, 0.25) is 0 Å². The van der Waals surface area contributed by atoms with Crippen LogP contribution in [0.25, 0.3) is 5.69 Å². The van der Waals surface area contributed by atoms with Gasteiger partial charge in [-0.05, 0) is 18.6 Å². The molecule has 1 aromatic heterocycles. The van der Waals surface area contributed by atoms with E-state index in [2.05, 4.69) is 10.1 Å². The maximum atomic E-state index is 11.3. The lowest BCUT2D eigenvalue weighted by Crippen LogP contribution is -2.08. The van der Waals surface area contributed by atoms with E-state index in [4.69, 9.17) is 0 Å². The van der Waals surface area contributed by atoms with Gasteiger partial charge in [0.2, 0.25) is 0 Å². The van der Waals surface area contributed by atoms with Gasteiger partial charge in [-0.1, -0.05) is 18.2 Å². The molecule has 0 aliphatic rings. The van der Waals surface area contributed by atoms with Gasteiger partial charge in [-0.3, -0.25) is 4.79 Å². The van der Waals surface area contributed by atoms with Gasteiger partial charge in [0.1, 0.15) is 6.33 Å². The zero-order valence-electron chi connectivity index (χ0n) is 8.64. The summed E-state index contributed by atoms with van der Waals surface area (Å²) >= 11 is 0. The second-order valence-electron chi connectivity index (χ2n) is 3.34. The third-order valence-electron chi connectivity index (χ3n) is 2.21. The van der Waals surface area contributed by atoms with Crippen molar-refractivity contribution in [2.24, 2.45) is 0 Å². The lowest BCUT2D eigenvalue weighted by atomic mass is 10.2. The highest BCUT2D eigenvalue weighted by Gasteiger charge is 2.11. The highest BCUT2D eigenvalue weighted by atomic mass is 16.1. The Morgan fingerprint density at radius 2 is 2.07 bits per heavy atom. The fraction of sp³-hybridized carbons (Fsp3) is 0.182. The molecule has 76 valence electrons. The van der Waals surface area contributed by atoms with E-state index in [1.807, 2.05) is 31.2 Å². The summed E-state index contributed by atoms with van der Waals surface area (Å²) in [6.45, 7) is 3.46. The van der Waals surface area contributed by atoms with Gasteiger partial charge in [0.15, 0.2) is 11.6 Å². The minimum Gasteiger partial charge on any atom is -0.291 e. The number of nitrogens with zero attached hydrogens (tertiary/aromatic N) is 3. The van der Waals surface area contributed by atoms with Gasteiger partial charge >= 0.3 is 0 Å². The third-order valence-corrected chi connectivity index (χ3v) is 2.21. The Bertz CT molecular complexity index is 502. The number of rotatable bonds is 2. The van der Waals surface area contributed by atoms with E-state index in [9.17, 15) is 4.79 Å². The fourth-order valence-electron chi connectivity index (χ4n) is 1.46. The van der Waals surface area contributed by atoms with Crippen molar-refractivity contribution < 1.29 is 4.79 Å². The van der Waals surface area contributed by atoms with E-state index < -0.39 is 0 Å². The van der Waals surface area contributed by atoms with E-state index in [1.54, 1.807) is 4.68 Å². The molecule has 0 saturated heterocycles. The summed E-state index contributed by atoms with van der Waals surface area (Å²) in [5, 5.41) is 4.05. The Kier molecular flexibility index (Phi) is 2.33. The van der Waals surface area contributed by atoms with Crippen LogP contribution in [0.1, 0.15) is 23.1 Å². The Morgan fingerprint density at radius 1 is 1.33 bits per heavy atom. The molecule has 2 rings (SSSR count). The zero-order valence-corrected chi connectivity index (χ0v) is 8.64. The maximum absolute atomic E-state index is 11.3. The zero-order chi connectivity index (χ0) is 10.8. The van der Waals surface area contributed by atoms with Crippen molar-refractivity contribution in [1.29, 1.82) is 0 Å². The van der Waals surface area contributed by atoms with Crippen molar-refractivity contribution >= 4 is 5.78 Å². The highest BCUT2D eigenvalue weighted by molar-refractivity contribution is 5.90. The maximum Gasteiger partial charge on any atom is 0.199 e. The summed E-state index contributed by atoms with van der Waals surface area (Å²) in [7, 11) is 0. The molecule has 0 atom stereocenters. The molecule has 0 bridgehead atoms. The second kappa shape index (κ2) is 3.65. The smallest absolute Gasteiger partial charge is 0.199 e. The summed E-state index contributed by atoms with van der Waals surface area (Å²) in [6.07, 6.45) is 1.39. The molecule has 2 aromatic rings. The number of aromatic nitrogens is 3. The lowest BCUT2D eigenvalue weighted by molar-refractivity contribution is 0.100. The first kappa shape index (κ1) is 9.58. The quantitative estimate of drug-likeness (QED) is 0.696. The van der Waals surface area contributed by atoms with Gasteiger partial charge in [0.25, 0.3) is 0 Å². The molecule has 0 fully saturated rings. The average Bonchev–Trinajstić information content (AvgIpc) is 2.67. The SMILES string of the molecule is CC(=O)c1ncnn1-c1ccccc1C. The molecule has 1 aromatic carbocycles. The molecular formula is C11H11N3O. The first-order valence-corrected chi connectivity index (χ1v) is 4.67. The number of carbonyl (C=O) groups excluding carboxylic acids is 1. The first-order valence-electron chi connectivity index (χ1n) is 4.67. The van der Waals surface area contributed by atoms with Crippen molar-refractivity contribution in [3.63, 3.8) is 0 Å². The van der Waals surface area contributed by atoms with E-state index in [-0.39, 0.29) is 5.78 Å². The summed E-state index contributed by atoms with van der Waals surface area (Å²) in [5.74, 6) is 0.278. The van der Waals surface area contributed by atoms with Crippen molar-refractivity contribution in [3.05, 3.63) is 42.0 Å². The minimum atomic E-state index is -0.0873. The van der Waals surface area contributed by atoms with Crippen LogP contribution in [-0.2, 0) is 0 Å². The van der Waals surface area contributed by atoms with Crippen LogP contribution < -0.4 is 0 Å². The Labute approximate surface area is 87.6 Å². The number of hydrogen-bond donors (Lipinski definition) is 0. The normalized spacial score (nSPS) is 10.3. The molecule has 15 heavy (non-hydrogen) atoms. The van der Waals surface area contributed by atoms with Crippen molar-refractivity contribution in [3.8, 4) is 5.69 Å². The molecule has 1 heterocycles. The molecule has 0 spiro atoms. The topological polar surface area (TPSA) is 47.8 Å². The number of hydrogen-bond acceptors (Lipinski definition) is 3. The van der Waals surface area contributed by atoms with Crippen LogP contribution in [0.5, 0.6) is 0 Å². The van der Waals surface area contributed by atoms with Crippen molar-refractivity contribution in [2.45, 2.75) is 13.8 Å². The van der Waals surface area contributed by atoms with Crippen molar-refractivity contribution in [1.82, 2.24) is 14.8 Å². The van der Waals surface area contributed by atoms with E-state index in [1.165, 1.54) is 13.3 Å². The number of aryl methyl sites for hydroxylation is 1. The van der Waals surface area contributed by atoms with Gasteiger partial charge in [-0.25, -0.2) is 9.67 Å². The van der Waals surface area contributed by atoms with Gasteiger partial charge in [-0.15, -0.1) is 0 Å². The van der Waals surface area contributed by atoms with E-state index in [0.717, 1.165) is 11.3 Å². The molecule has 4 heteroatoms. The van der Waals surface area contributed by atoms with Crippen molar-refractivity contribution in [2.75, 3.05) is 0 Å². The van der Waals surface area contributed by atoms with Crippen LogP contribution in [-0.4, -0.2) is 20.5 Å². The Morgan fingerprint density at radius 3 is 2.73 bits per heavy atom. The van der Waals surface area contributed by atoms with Gasteiger partial charge in [0, 0.05) is 6.92 Å². The predicted molar refractivity (Wildman–Crippen MR) is 56.1 cm³/mol. The first-order chi connectivity index (χ1) is 7.20. The molecule has 0 saturated carbocycles. The second-order valence-corrected chi connectivity index (χ2v) is 3.34. The molecule has 0 N–H and O–H groups in total. The fourth-order valence-corrected chi connectivity index (χ4v) is 1.46. The molecular weight excluding hydrogens is 190 g/mol. The van der Waals surface area contributed by atoms with Crippen LogP contribution in [0.4, 0.5) is 0 Å². The summed E-state index contributed by atoms with van der Waals surface area (Å²) in [6, 6.07) is 7.74.